The third-order valence-corrected chi connectivity index (χ3v) is 8.30. The van der Waals surface area contributed by atoms with Crippen molar-refractivity contribution in [1.82, 2.24) is 15.3 Å². The van der Waals surface area contributed by atoms with Gasteiger partial charge < -0.3 is 10.2 Å². The summed E-state index contributed by atoms with van der Waals surface area (Å²) < 4.78 is 24.0. The number of fused-ring (bicyclic) bond motifs is 1. The van der Waals surface area contributed by atoms with E-state index in [9.17, 15) is 13.2 Å². The molecule has 1 atom stereocenters. The van der Waals surface area contributed by atoms with Crippen LogP contribution in [-0.4, -0.2) is 36.6 Å². The van der Waals surface area contributed by atoms with Gasteiger partial charge in [-0.25, -0.2) is 18.4 Å². The van der Waals surface area contributed by atoms with E-state index in [4.69, 9.17) is 5.26 Å². The van der Waals surface area contributed by atoms with Crippen molar-refractivity contribution in [2.45, 2.75) is 44.7 Å². The minimum atomic E-state index is -3.25. The average Bonchev–Trinajstić information content (AvgIpc) is 2.90. The maximum absolute atomic E-state index is 12.9. The molecule has 0 radical (unpaired) electrons. The number of hydrogen-bond donors (Lipinski definition) is 1. The summed E-state index contributed by atoms with van der Waals surface area (Å²) in [6, 6.07) is 14.4. The van der Waals surface area contributed by atoms with Gasteiger partial charge >= 0.3 is 0 Å². The van der Waals surface area contributed by atoms with Crippen LogP contribution in [-0.2, 0) is 22.9 Å². The third-order valence-electron chi connectivity index (χ3n) is 6.55. The summed E-state index contributed by atoms with van der Waals surface area (Å²) in [6.45, 7) is 7.58. The van der Waals surface area contributed by atoms with Crippen LogP contribution in [0.4, 0.5) is 5.95 Å². The van der Waals surface area contributed by atoms with E-state index in [1.807, 2.05) is 24.3 Å². The third kappa shape index (κ3) is 5.39. The zero-order chi connectivity index (χ0) is 25.9. The SMILES string of the molecule is CCS(=O)(=O)c1ccc(CNC(=O)c2ccc3c(c2)CN(c2ncc(C#N)cn2)C[C@H]3C(C)C)cc1. The lowest BCUT2D eigenvalue weighted by atomic mass is 9.82. The molecule has 0 fully saturated rings. The van der Waals surface area contributed by atoms with Gasteiger partial charge in [0.1, 0.15) is 6.07 Å². The molecule has 9 heteroatoms. The molecule has 0 aliphatic carbocycles. The number of hydrogen-bond acceptors (Lipinski definition) is 7. The quantitative estimate of drug-likeness (QED) is 0.521. The van der Waals surface area contributed by atoms with E-state index in [0.29, 0.717) is 36.1 Å². The molecule has 2 aromatic carbocycles. The number of rotatable bonds is 7. The molecule has 0 saturated heterocycles. The van der Waals surface area contributed by atoms with E-state index in [1.165, 1.54) is 18.0 Å². The van der Waals surface area contributed by atoms with Gasteiger partial charge in [-0.15, -0.1) is 0 Å². The highest BCUT2D eigenvalue weighted by Crippen LogP contribution is 2.35. The van der Waals surface area contributed by atoms with Crippen LogP contribution in [0.2, 0.25) is 0 Å². The number of anilines is 1. The highest BCUT2D eigenvalue weighted by Gasteiger charge is 2.29. The molecular formula is C27H29N5O3S. The van der Waals surface area contributed by atoms with Crippen molar-refractivity contribution < 1.29 is 13.2 Å². The maximum Gasteiger partial charge on any atom is 0.251 e. The van der Waals surface area contributed by atoms with Crippen LogP contribution in [0.15, 0.2) is 59.8 Å². The van der Waals surface area contributed by atoms with Gasteiger partial charge in [-0.2, -0.15) is 5.26 Å². The molecule has 36 heavy (non-hydrogen) atoms. The molecule has 1 N–H and O–H groups in total. The first-order valence-corrected chi connectivity index (χ1v) is 13.6. The van der Waals surface area contributed by atoms with Gasteiger partial charge in [0.2, 0.25) is 5.95 Å². The number of carbonyl (C=O) groups is 1. The van der Waals surface area contributed by atoms with Crippen molar-refractivity contribution in [3.8, 4) is 6.07 Å². The number of benzene rings is 2. The van der Waals surface area contributed by atoms with Crippen LogP contribution in [0.5, 0.6) is 0 Å². The number of nitrogens with zero attached hydrogens (tertiary/aromatic N) is 4. The van der Waals surface area contributed by atoms with E-state index < -0.39 is 9.84 Å². The minimum absolute atomic E-state index is 0.0494. The molecule has 0 unspecified atom stereocenters. The summed E-state index contributed by atoms with van der Waals surface area (Å²) in [6.07, 6.45) is 3.05. The number of sulfone groups is 1. The van der Waals surface area contributed by atoms with E-state index in [-0.39, 0.29) is 22.5 Å². The Morgan fingerprint density at radius 3 is 2.47 bits per heavy atom. The fourth-order valence-corrected chi connectivity index (χ4v) is 5.27. The molecule has 0 saturated carbocycles. The molecule has 2 heterocycles. The number of amides is 1. The number of nitrogens with one attached hydrogen (secondary N) is 1. The topological polar surface area (TPSA) is 116 Å². The lowest BCUT2D eigenvalue weighted by Gasteiger charge is -2.37. The van der Waals surface area contributed by atoms with Gasteiger partial charge in [0.15, 0.2) is 9.84 Å². The summed E-state index contributed by atoms with van der Waals surface area (Å²) in [5.41, 5.74) is 4.07. The Labute approximate surface area is 211 Å². The normalized spacial score (nSPS) is 15.3. The van der Waals surface area contributed by atoms with E-state index in [1.54, 1.807) is 31.2 Å². The lowest BCUT2D eigenvalue weighted by molar-refractivity contribution is 0.0950. The zero-order valence-corrected chi connectivity index (χ0v) is 21.4. The van der Waals surface area contributed by atoms with Crippen LogP contribution in [0, 0.1) is 17.2 Å². The number of nitriles is 1. The lowest BCUT2D eigenvalue weighted by Crippen LogP contribution is -2.37. The molecule has 4 rings (SSSR count). The molecule has 0 spiro atoms. The van der Waals surface area contributed by atoms with Crippen LogP contribution >= 0.6 is 0 Å². The zero-order valence-electron chi connectivity index (χ0n) is 20.6. The highest BCUT2D eigenvalue weighted by molar-refractivity contribution is 7.91. The Morgan fingerprint density at radius 1 is 1.17 bits per heavy atom. The minimum Gasteiger partial charge on any atom is -0.348 e. The first-order valence-electron chi connectivity index (χ1n) is 11.9. The van der Waals surface area contributed by atoms with E-state index in [2.05, 4.69) is 34.0 Å². The van der Waals surface area contributed by atoms with Crippen molar-refractivity contribution in [2.24, 2.45) is 5.92 Å². The van der Waals surface area contributed by atoms with Gasteiger partial charge in [-0.1, -0.05) is 39.0 Å². The summed E-state index contributed by atoms with van der Waals surface area (Å²) >= 11 is 0. The molecule has 1 amide bonds. The monoisotopic (exact) mass is 503 g/mol. The molecule has 1 aliphatic rings. The van der Waals surface area contributed by atoms with Gasteiger partial charge in [-0.3, -0.25) is 4.79 Å². The van der Waals surface area contributed by atoms with Gasteiger partial charge in [0.25, 0.3) is 5.91 Å². The Hall–Kier alpha value is -3.77. The summed E-state index contributed by atoms with van der Waals surface area (Å²) in [5.74, 6) is 1.05. The van der Waals surface area contributed by atoms with E-state index >= 15 is 0 Å². The Balaban J connectivity index is 1.50. The second kappa shape index (κ2) is 10.5. The molecule has 8 nitrogen and oxygen atoms in total. The Kier molecular flexibility index (Phi) is 7.36. The molecule has 1 aromatic heterocycles. The fourth-order valence-electron chi connectivity index (χ4n) is 4.38. The van der Waals surface area contributed by atoms with E-state index in [0.717, 1.165) is 17.7 Å². The predicted molar refractivity (Wildman–Crippen MR) is 137 cm³/mol. The van der Waals surface area contributed by atoms with Crippen LogP contribution in [0.1, 0.15) is 59.3 Å². The molecule has 0 bridgehead atoms. The molecule has 186 valence electrons. The Bertz CT molecular complexity index is 1390. The highest BCUT2D eigenvalue weighted by atomic mass is 32.2. The Morgan fingerprint density at radius 2 is 1.86 bits per heavy atom. The standard InChI is InChI=1S/C27H29N5O3S/c1-4-36(34,35)23-8-5-19(6-9-23)13-29-26(33)21-7-10-24-22(11-21)16-32(17-25(24)18(2)3)27-30-14-20(12-28)15-31-27/h5-11,14-15,18,25H,4,13,16-17H2,1-3H3,(H,29,33)/t25-/m0/s1. The molecular weight excluding hydrogens is 474 g/mol. The first kappa shape index (κ1) is 25.3. The predicted octanol–water partition coefficient (Wildman–Crippen LogP) is 3.83. The largest absolute Gasteiger partial charge is 0.348 e. The van der Waals surface area contributed by atoms with Crippen molar-refractivity contribution in [3.63, 3.8) is 0 Å². The van der Waals surface area contributed by atoms with Crippen LogP contribution in [0.25, 0.3) is 0 Å². The second-order valence-electron chi connectivity index (χ2n) is 9.26. The van der Waals surface area contributed by atoms with Crippen molar-refractivity contribution in [1.29, 1.82) is 5.26 Å². The second-order valence-corrected chi connectivity index (χ2v) is 11.5. The summed E-state index contributed by atoms with van der Waals surface area (Å²) in [5, 5.41) is 12.0. The van der Waals surface area contributed by atoms with Crippen molar-refractivity contribution >= 4 is 21.7 Å². The first-order chi connectivity index (χ1) is 17.2. The summed E-state index contributed by atoms with van der Waals surface area (Å²) in [7, 11) is -3.25. The summed E-state index contributed by atoms with van der Waals surface area (Å²) in [4.78, 5) is 24.0. The average molecular weight is 504 g/mol. The van der Waals surface area contributed by atoms with Gasteiger partial charge in [-0.05, 0) is 46.9 Å². The van der Waals surface area contributed by atoms with Crippen LogP contribution < -0.4 is 10.2 Å². The fraction of sp³-hybridized carbons (Fsp3) is 0.333. The van der Waals surface area contributed by atoms with Gasteiger partial charge in [0.05, 0.1) is 28.6 Å². The maximum atomic E-state index is 12.9. The number of aromatic nitrogens is 2. The van der Waals surface area contributed by atoms with Crippen molar-refractivity contribution in [3.05, 3.63) is 82.7 Å². The smallest absolute Gasteiger partial charge is 0.251 e. The molecule has 1 aliphatic heterocycles. The number of carbonyl (C=O) groups excluding carboxylic acids is 1. The van der Waals surface area contributed by atoms with Crippen molar-refractivity contribution in [2.75, 3.05) is 17.2 Å². The van der Waals surface area contributed by atoms with Crippen LogP contribution in [0.3, 0.4) is 0 Å². The molecule has 3 aromatic rings. The van der Waals surface area contributed by atoms with Gasteiger partial charge in [0, 0.05) is 31.1 Å².